The molecule has 4 nitrogen and oxygen atoms in total. The summed E-state index contributed by atoms with van der Waals surface area (Å²) < 4.78 is 0. The van der Waals surface area contributed by atoms with Gasteiger partial charge in [-0.2, -0.15) is 0 Å². The number of amides is 2. The molecule has 0 bridgehead atoms. The monoisotopic (exact) mass is 300 g/mol. The normalized spacial score (nSPS) is 17.9. The second-order valence-electron chi connectivity index (χ2n) is 4.91. The topological polar surface area (TPSA) is 72.2 Å². The molecule has 1 aromatic heterocycles. The second kappa shape index (κ2) is 5.92. The van der Waals surface area contributed by atoms with Crippen molar-refractivity contribution >= 4 is 39.8 Å². The Hall–Kier alpha value is -1.07. The first kappa shape index (κ1) is 14.3. The van der Waals surface area contributed by atoms with Gasteiger partial charge in [0.2, 0.25) is 5.91 Å². The smallest absolute Gasteiger partial charge is 0.251 e. The Kier molecular flexibility index (Phi) is 4.47. The second-order valence-corrected chi connectivity index (χ2v) is 6.39. The highest BCUT2D eigenvalue weighted by Gasteiger charge is 2.26. The molecule has 0 saturated carbocycles. The fourth-order valence-corrected chi connectivity index (χ4v) is 3.98. The minimum atomic E-state index is -0.465. The van der Waals surface area contributed by atoms with E-state index in [0.717, 1.165) is 24.8 Å². The molecule has 1 heterocycles. The van der Waals surface area contributed by atoms with Gasteiger partial charge in [0, 0.05) is 17.2 Å². The van der Waals surface area contributed by atoms with E-state index in [9.17, 15) is 9.59 Å². The van der Waals surface area contributed by atoms with Gasteiger partial charge in [0.1, 0.15) is 5.00 Å². The molecule has 1 unspecified atom stereocenters. The van der Waals surface area contributed by atoms with Crippen molar-refractivity contribution in [2.24, 2.45) is 11.7 Å². The van der Waals surface area contributed by atoms with Crippen LogP contribution < -0.4 is 11.1 Å². The fourth-order valence-electron chi connectivity index (χ4n) is 2.37. The summed E-state index contributed by atoms with van der Waals surface area (Å²) in [6, 6.07) is 0. The van der Waals surface area contributed by atoms with Gasteiger partial charge in [-0.15, -0.1) is 22.9 Å². The number of anilines is 1. The van der Waals surface area contributed by atoms with Gasteiger partial charge in [-0.25, -0.2) is 0 Å². The van der Waals surface area contributed by atoms with Crippen LogP contribution in [0.3, 0.4) is 0 Å². The van der Waals surface area contributed by atoms with E-state index in [4.69, 9.17) is 17.3 Å². The largest absolute Gasteiger partial charge is 0.365 e. The number of primary amides is 1. The van der Waals surface area contributed by atoms with Gasteiger partial charge in [-0.05, 0) is 30.7 Å². The maximum absolute atomic E-state index is 11.6. The van der Waals surface area contributed by atoms with E-state index >= 15 is 0 Å². The van der Waals surface area contributed by atoms with Gasteiger partial charge >= 0.3 is 0 Å². The molecular formula is C13H17ClN2O2S. The average molecular weight is 301 g/mol. The highest BCUT2D eigenvalue weighted by Crippen LogP contribution is 2.39. The zero-order valence-electron chi connectivity index (χ0n) is 10.8. The summed E-state index contributed by atoms with van der Waals surface area (Å²) in [5, 5.41) is 3.34. The molecule has 1 aliphatic carbocycles. The zero-order chi connectivity index (χ0) is 14.0. The number of nitrogens with two attached hydrogens (primary N) is 1. The van der Waals surface area contributed by atoms with Crippen molar-refractivity contribution in [1.29, 1.82) is 0 Å². The van der Waals surface area contributed by atoms with Gasteiger partial charge in [0.05, 0.1) is 5.56 Å². The molecular weight excluding hydrogens is 284 g/mol. The van der Waals surface area contributed by atoms with E-state index in [0.29, 0.717) is 16.5 Å². The van der Waals surface area contributed by atoms with Gasteiger partial charge in [0.25, 0.3) is 5.91 Å². The maximum atomic E-state index is 11.6. The number of hydrogen-bond acceptors (Lipinski definition) is 3. The number of fused-ring (bicyclic) bond motifs is 1. The molecule has 2 rings (SSSR count). The quantitative estimate of drug-likeness (QED) is 0.839. The summed E-state index contributed by atoms with van der Waals surface area (Å²) in [5.41, 5.74) is 6.98. The van der Waals surface area contributed by atoms with Crippen molar-refractivity contribution in [2.45, 2.75) is 32.6 Å². The lowest BCUT2D eigenvalue weighted by Crippen LogP contribution is -2.19. The van der Waals surface area contributed by atoms with Gasteiger partial charge < -0.3 is 11.1 Å². The molecule has 0 spiro atoms. The van der Waals surface area contributed by atoms with Crippen molar-refractivity contribution in [3.8, 4) is 0 Å². The molecule has 3 N–H and O–H groups in total. The molecule has 1 aromatic rings. The Morgan fingerprint density at radius 1 is 1.53 bits per heavy atom. The summed E-state index contributed by atoms with van der Waals surface area (Å²) in [7, 11) is 0. The predicted molar refractivity (Wildman–Crippen MR) is 78.0 cm³/mol. The van der Waals surface area contributed by atoms with Crippen LogP contribution in [0.4, 0.5) is 5.00 Å². The summed E-state index contributed by atoms with van der Waals surface area (Å²) in [6.45, 7) is 2.19. The van der Waals surface area contributed by atoms with Crippen LogP contribution in [-0.2, 0) is 17.6 Å². The van der Waals surface area contributed by atoms with Gasteiger partial charge in [-0.1, -0.05) is 6.92 Å². The molecule has 1 aliphatic rings. The first-order valence-electron chi connectivity index (χ1n) is 6.33. The first-order valence-corrected chi connectivity index (χ1v) is 7.68. The van der Waals surface area contributed by atoms with E-state index in [1.54, 1.807) is 0 Å². The van der Waals surface area contributed by atoms with Crippen LogP contribution in [0.25, 0.3) is 0 Å². The molecule has 0 radical (unpaired) electrons. The average Bonchev–Trinajstić information content (AvgIpc) is 2.65. The van der Waals surface area contributed by atoms with Crippen LogP contribution in [0, 0.1) is 5.92 Å². The Morgan fingerprint density at radius 2 is 2.26 bits per heavy atom. The molecule has 0 saturated heterocycles. The number of halogens is 1. The molecule has 0 aromatic carbocycles. The third-order valence-electron chi connectivity index (χ3n) is 3.33. The lowest BCUT2D eigenvalue weighted by molar-refractivity contribution is -0.115. The van der Waals surface area contributed by atoms with Gasteiger partial charge in [0.15, 0.2) is 0 Å². The van der Waals surface area contributed by atoms with Crippen molar-refractivity contribution in [3.05, 3.63) is 16.0 Å². The van der Waals surface area contributed by atoms with Crippen molar-refractivity contribution in [1.82, 2.24) is 0 Å². The first-order chi connectivity index (χ1) is 9.02. The Labute approximate surface area is 121 Å². The Bertz CT molecular complexity index is 513. The lowest BCUT2D eigenvalue weighted by Gasteiger charge is -2.18. The van der Waals surface area contributed by atoms with E-state index in [1.807, 2.05) is 0 Å². The number of thiophene rings is 1. The van der Waals surface area contributed by atoms with Crippen molar-refractivity contribution in [3.63, 3.8) is 0 Å². The number of alkyl halides is 1. The number of hydrogen-bond donors (Lipinski definition) is 2. The van der Waals surface area contributed by atoms with E-state index in [-0.39, 0.29) is 18.2 Å². The van der Waals surface area contributed by atoms with Gasteiger partial charge in [-0.3, -0.25) is 9.59 Å². The van der Waals surface area contributed by atoms with E-state index in [2.05, 4.69) is 12.2 Å². The van der Waals surface area contributed by atoms with Crippen molar-refractivity contribution < 1.29 is 9.59 Å². The maximum Gasteiger partial charge on any atom is 0.251 e. The summed E-state index contributed by atoms with van der Waals surface area (Å²) in [5.74, 6) is 0.232. The predicted octanol–water partition coefficient (Wildman–Crippen LogP) is 2.54. The van der Waals surface area contributed by atoms with Crippen LogP contribution in [0.5, 0.6) is 0 Å². The summed E-state index contributed by atoms with van der Waals surface area (Å²) >= 11 is 7.01. The number of rotatable bonds is 4. The number of nitrogens with one attached hydrogen (secondary N) is 1. The lowest BCUT2D eigenvalue weighted by atomic mass is 9.88. The Morgan fingerprint density at radius 3 is 2.89 bits per heavy atom. The molecule has 2 amide bonds. The zero-order valence-corrected chi connectivity index (χ0v) is 12.4. The molecule has 6 heteroatoms. The SMILES string of the molecule is CC1CCc2c(sc(NC(=O)CCCl)c2C(N)=O)C1. The van der Waals surface area contributed by atoms with Crippen LogP contribution in [-0.4, -0.2) is 17.7 Å². The third kappa shape index (κ3) is 3.09. The minimum absolute atomic E-state index is 0.177. The summed E-state index contributed by atoms with van der Waals surface area (Å²) in [4.78, 5) is 24.4. The van der Waals surface area contributed by atoms with Crippen LogP contribution in [0.1, 0.15) is 40.6 Å². The molecule has 0 fully saturated rings. The third-order valence-corrected chi connectivity index (χ3v) is 4.69. The van der Waals surface area contributed by atoms with E-state index in [1.165, 1.54) is 16.2 Å². The minimum Gasteiger partial charge on any atom is -0.365 e. The Balaban J connectivity index is 2.32. The van der Waals surface area contributed by atoms with Crippen LogP contribution in [0.15, 0.2) is 0 Å². The van der Waals surface area contributed by atoms with E-state index < -0.39 is 5.91 Å². The molecule has 104 valence electrons. The fraction of sp³-hybridized carbons (Fsp3) is 0.538. The van der Waals surface area contributed by atoms with Crippen LogP contribution >= 0.6 is 22.9 Å². The number of carbonyl (C=O) groups is 2. The highest BCUT2D eigenvalue weighted by atomic mass is 35.5. The molecule has 0 aliphatic heterocycles. The highest BCUT2D eigenvalue weighted by molar-refractivity contribution is 7.17. The number of carbonyl (C=O) groups excluding carboxylic acids is 2. The summed E-state index contributed by atoms with van der Waals surface area (Å²) in [6.07, 6.45) is 3.10. The molecule has 1 atom stereocenters. The molecule has 19 heavy (non-hydrogen) atoms. The standard InChI is InChI=1S/C13H17ClN2O2S/c1-7-2-3-8-9(6-7)19-13(11(8)12(15)18)16-10(17)4-5-14/h7H,2-6H2,1H3,(H2,15,18)(H,16,17). The van der Waals surface area contributed by atoms with Crippen LogP contribution in [0.2, 0.25) is 0 Å². The van der Waals surface area contributed by atoms with Crippen molar-refractivity contribution in [2.75, 3.05) is 11.2 Å².